The maximum atomic E-state index is 3.52. The highest BCUT2D eigenvalue weighted by Gasteiger charge is 2.00. The highest BCUT2D eigenvalue weighted by Crippen LogP contribution is 2.18. The Bertz CT molecular complexity index is 261. The van der Waals surface area contributed by atoms with Gasteiger partial charge in [-0.15, -0.1) is 11.8 Å². The predicted octanol–water partition coefficient (Wildman–Crippen LogP) is 3.95. The van der Waals surface area contributed by atoms with E-state index in [-0.39, 0.29) is 0 Å². The van der Waals surface area contributed by atoms with Gasteiger partial charge in [0.25, 0.3) is 0 Å². The molecule has 0 radical (unpaired) electrons. The number of hydrogen-bond donors (Lipinski definition) is 1. The van der Waals surface area contributed by atoms with E-state index in [1.807, 2.05) is 11.8 Å². The first kappa shape index (κ1) is 13.6. The molecule has 2 heteroatoms. The van der Waals surface area contributed by atoms with Crippen molar-refractivity contribution >= 4 is 11.8 Å². The first-order valence-corrected chi connectivity index (χ1v) is 7.22. The summed E-state index contributed by atoms with van der Waals surface area (Å²) >= 11 is 1.96. The highest BCUT2D eigenvalue weighted by atomic mass is 32.2. The Morgan fingerprint density at radius 3 is 2.69 bits per heavy atom. The lowest BCUT2D eigenvalue weighted by atomic mass is 10.2. The molecule has 0 spiro atoms. The Hall–Kier alpha value is -0.470. The fourth-order valence-corrected chi connectivity index (χ4v) is 2.49. The molecule has 1 aromatic rings. The normalized spacial score (nSPS) is 12.6. The summed E-state index contributed by atoms with van der Waals surface area (Å²) in [7, 11) is 0. The summed E-state index contributed by atoms with van der Waals surface area (Å²) in [5.41, 5.74) is 0. The molecule has 1 N–H and O–H groups in total. The summed E-state index contributed by atoms with van der Waals surface area (Å²) in [6.45, 7) is 5.64. The lowest BCUT2D eigenvalue weighted by Crippen LogP contribution is -2.26. The molecule has 1 atom stereocenters. The Morgan fingerprint density at radius 2 is 2.00 bits per heavy atom. The fourth-order valence-electron chi connectivity index (χ4n) is 1.59. The average Bonchev–Trinajstić information content (AvgIpc) is 2.33. The van der Waals surface area contributed by atoms with Crippen molar-refractivity contribution in [3.63, 3.8) is 0 Å². The molecule has 16 heavy (non-hydrogen) atoms. The van der Waals surface area contributed by atoms with Crippen LogP contribution in [0.25, 0.3) is 0 Å². The van der Waals surface area contributed by atoms with Crippen molar-refractivity contribution in [2.24, 2.45) is 0 Å². The van der Waals surface area contributed by atoms with E-state index < -0.39 is 0 Å². The minimum Gasteiger partial charge on any atom is -0.314 e. The van der Waals surface area contributed by atoms with Crippen molar-refractivity contribution < 1.29 is 0 Å². The summed E-state index contributed by atoms with van der Waals surface area (Å²) in [6, 6.07) is 11.3. The van der Waals surface area contributed by atoms with Crippen molar-refractivity contribution in [2.75, 3.05) is 12.3 Å². The second kappa shape index (κ2) is 8.66. The molecule has 1 unspecified atom stereocenters. The second-order valence-electron chi connectivity index (χ2n) is 4.16. The van der Waals surface area contributed by atoms with Gasteiger partial charge in [0.2, 0.25) is 0 Å². The summed E-state index contributed by atoms with van der Waals surface area (Å²) in [4.78, 5) is 1.39. The molecule has 0 amide bonds. The molecule has 0 aliphatic rings. The van der Waals surface area contributed by atoms with E-state index in [4.69, 9.17) is 0 Å². The largest absolute Gasteiger partial charge is 0.314 e. The zero-order valence-electron chi connectivity index (χ0n) is 10.4. The quantitative estimate of drug-likeness (QED) is 0.543. The third-order valence-electron chi connectivity index (χ3n) is 2.54. The van der Waals surface area contributed by atoms with Crippen LogP contribution in [0.1, 0.15) is 33.1 Å². The summed E-state index contributed by atoms with van der Waals surface area (Å²) in [5, 5.41) is 3.52. The number of thioether (sulfide) groups is 1. The molecule has 0 saturated carbocycles. The lowest BCUT2D eigenvalue weighted by Gasteiger charge is -2.12. The van der Waals surface area contributed by atoms with Crippen LogP contribution >= 0.6 is 11.8 Å². The lowest BCUT2D eigenvalue weighted by molar-refractivity contribution is 0.510. The molecular formula is C14H23NS. The van der Waals surface area contributed by atoms with Gasteiger partial charge in [-0.2, -0.15) is 0 Å². The molecule has 0 aliphatic carbocycles. The minimum atomic E-state index is 0.663. The van der Waals surface area contributed by atoms with Crippen LogP contribution in [0.3, 0.4) is 0 Å². The van der Waals surface area contributed by atoms with Crippen LogP contribution in [0.4, 0.5) is 0 Å². The number of rotatable bonds is 8. The van der Waals surface area contributed by atoms with Gasteiger partial charge >= 0.3 is 0 Å². The van der Waals surface area contributed by atoms with E-state index in [9.17, 15) is 0 Å². The van der Waals surface area contributed by atoms with Crippen molar-refractivity contribution in [3.8, 4) is 0 Å². The molecule has 1 nitrogen and oxygen atoms in total. The summed E-state index contributed by atoms with van der Waals surface area (Å²) in [5.74, 6) is 1.22. The Kier molecular flexibility index (Phi) is 7.35. The SMILES string of the molecule is CCCNC(C)CCCSc1ccccc1. The van der Waals surface area contributed by atoms with Gasteiger partial charge in [-0.25, -0.2) is 0 Å². The molecule has 0 saturated heterocycles. The van der Waals surface area contributed by atoms with E-state index in [0.29, 0.717) is 6.04 Å². The first-order valence-electron chi connectivity index (χ1n) is 6.24. The van der Waals surface area contributed by atoms with Crippen LogP contribution in [0, 0.1) is 0 Å². The van der Waals surface area contributed by atoms with Gasteiger partial charge in [-0.05, 0) is 50.6 Å². The molecule has 0 aromatic heterocycles. The van der Waals surface area contributed by atoms with E-state index in [1.54, 1.807) is 0 Å². The Morgan fingerprint density at radius 1 is 1.25 bits per heavy atom. The standard InChI is InChI=1S/C14H23NS/c1-3-11-15-13(2)8-7-12-16-14-9-5-4-6-10-14/h4-6,9-10,13,15H,3,7-8,11-12H2,1-2H3. The van der Waals surface area contributed by atoms with Crippen molar-refractivity contribution in [3.05, 3.63) is 30.3 Å². The monoisotopic (exact) mass is 237 g/mol. The predicted molar refractivity (Wildman–Crippen MR) is 74.2 cm³/mol. The van der Waals surface area contributed by atoms with Gasteiger partial charge in [0, 0.05) is 10.9 Å². The van der Waals surface area contributed by atoms with Gasteiger partial charge in [0.15, 0.2) is 0 Å². The second-order valence-corrected chi connectivity index (χ2v) is 5.33. The Labute approximate surface area is 104 Å². The van der Waals surface area contributed by atoms with E-state index in [1.165, 1.54) is 29.9 Å². The van der Waals surface area contributed by atoms with Crippen LogP contribution in [0.2, 0.25) is 0 Å². The number of hydrogen-bond acceptors (Lipinski definition) is 2. The van der Waals surface area contributed by atoms with Crippen LogP contribution in [-0.2, 0) is 0 Å². The maximum Gasteiger partial charge on any atom is 0.00719 e. The summed E-state index contributed by atoms with van der Waals surface area (Å²) < 4.78 is 0. The van der Waals surface area contributed by atoms with Crippen LogP contribution in [-0.4, -0.2) is 18.3 Å². The van der Waals surface area contributed by atoms with Crippen molar-refractivity contribution in [1.82, 2.24) is 5.32 Å². The van der Waals surface area contributed by atoms with Gasteiger partial charge in [0.1, 0.15) is 0 Å². The molecule has 1 rings (SSSR count). The number of benzene rings is 1. The minimum absolute atomic E-state index is 0.663. The van der Waals surface area contributed by atoms with Gasteiger partial charge < -0.3 is 5.32 Å². The third kappa shape index (κ3) is 6.19. The molecule has 0 bridgehead atoms. The average molecular weight is 237 g/mol. The van der Waals surface area contributed by atoms with Gasteiger partial charge in [-0.3, -0.25) is 0 Å². The molecule has 1 aromatic carbocycles. The molecular weight excluding hydrogens is 214 g/mol. The number of nitrogens with one attached hydrogen (secondary N) is 1. The van der Waals surface area contributed by atoms with Crippen LogP contribution < -0.4 is 5.32 Å². The molecule has 0 aliphatic heterocycles. The van der Waals surface area contributed by atoms with E-state index >= 15 is 0 Å². The zero-order chi connectivity index (χ0) is 11.6. The van der Waals surface area contributed by atoms with E-state index in [0.717, 1.165) is 6.54 Å². The maximum absolute atomic E-state index is 3.52. The van der Waals surface area contributed by atoms with Gasteiger partial charge in [-0.1, -0.05) is 25.1 Å². The summed E-state index contributed by atoms with van der Waals surface area (Å²) in [6.07, 6.45) is 3.79. The van der Waals surface area contributed by atoms with Crippen LogP contribution in [0.5, 0.6) is 0 Å². The van der Waals surface area contributed by atoms with Crippen molar-refractivity contribution in [2.45, 2.75) is 44.0 Å². The molecule has 0 fully saturated rings. The van der Waals surface area contributed by atoms with Crippen molar-refractivity contribution in [1.29, 1.82) is 0 Å². The van der Waals surface area contributed by atoms with E-state index in [2.05, 4.69) is 49.5 Å². The molecule has 0 heterocycles. The first-order chi connectivity index (χ1) is 7.83. The zero-order valence-corrected chi connectivity index (χ0v) is 11.2. The highest BCUT2D eigenvalue weighted by molar-refractivity contribution is 7.99. The fraction of sp³-hybridized carbons (Fsp3) is 0.571. The Balaban J connectivity index is 2.03. The smallest absolute Gasteiger partial charge is 0.00719 e. The third-order valence-corrected chi connectivity index (χ3v) is 3.63. The molecule has 90 valence electrons. The van der Waals surface area contributed by atoms with Crippen LogP contribution in [0.15, 0.2) is 35.2 Å². The topological polar surface area (TPSA) is 12.0 Å². The van der Waals surface area contributed by atoms with Gasteiger partial charge in [0.05, 0.1) is 0 Å².